The van der Waals surface area contributed by atoms with Crippen molar-refractivity contribution in [3.8, 4) is 0 Å². The number of halogens is 1. The average Bonchev–Trinajstić information content (AvgIpc) is 3.11. The number of piperazine rings is 1. The van der Waals surface area contributed by atoms with Crippen molar-refractivity contribution in [2.75, 3.05) is 55.7 Å². The third-order valence-electron chi connectivity index (χ3n) is 5.22. The molecule has 164 valence electrons. The van der Waals surface area contributed by atoms with Gasteiger partial charge in [0.1, 0.15) is 11.9 Å². The maximum atomic E-state index is 14.8. The predicted octanol–water partition coefficient (Wildman–Crippen LogP) is 0.708. The highest BCUT2D eigenvalue weighted by molar-refractivity contribution is 5.90. The number of benzene rings is 1. The van der Waals surface area contributed by atoms with E-state index in [4.69, 9.17) is 9.84 Å². The van der Waals surface area contributed by atoms with Crippen LogP contribution in [-0.4, -0.2) is 79.9 Å². The molecule has 3 amide bonds. The second kappa shape index (κ2) is 9.75. The minimum absolute atomic E-state index is 0.000817. The molecular formula is C20H27FN4O5. The fourth-order valence-electron chi connectivity index (χ4n) is 3.60. The zero-order valence-corrected chi connectivity index (χ0v) is 17.0. The first-order chi connectivity index (χ1) is 14.4. The molecule has 0 unspecified atom stereocenters. The quantitative estimate of drug-likeness (QED) is 0.671. The number of carbonyl (C=O) groups is 3. The first-order valence-electron chi connectivity index (χ1n) is 10.0. The lowest BCUT2D eigenvalue weighted by Gasteiger charge is -2.36. The van der Waals surface area contributed by atoms with Gasteiger partial charge >= 0.3 is 6.09 Å². The van der Waals surface area contributed by atoms with E-state index in [-0.39, 0.29) is 31.5 Å². The standard InChI is InChI=1S/C20H27FN4O5/c1-14(27)22-12-16-13-25(20(29)30-16)15-4-5-18(17(21)11-15)23-6-8-24(9-7-23)19(28)3-2-10-26/h4-5,11,16,26H,2-3,6-10,12-13H2,1H3,(H,22,27)/t16-/m0/s1. The normalized spacial score (nSPS) is 19.1. The molecule has 1 atom stereocenters. The van der Waals surface area contributed by atoms with Gasteiger partial charge in [-0.2, -0.15) is 0 Å². The summed E-state index contributed by atoms with van der Waals surface area (Å²) in [5.41, 5.74) is 0.813. The molecule has 2 N–H and O–H groups in total. The molecule has 2 aliphatic rings. The van der Waals surface area contributed by atoms with Gasteiger partial charge in [-0.25, -0.2) is 9.18 Å². The fourth-order valence-corrected chi connectivity index (χ4v) is 3.60. The number of cyclic esters (lactones) is 1. The molecule has 9 nitrogen and oxygen atoms in total. The molecular weight excluding hydrogens is 395 g/mol. The van der Waals surface area contributed by atoms with Crippen molar-refractivity contribution >= 4 is 29.3 Å². The summed E-state index contributed by atoms with van der Waals surface area (Å²) >= 11 is 0. The Morgan fingerprint density at radius 3 is 2.63 bits per heavy atom. The van der Waals surface area contributed by atoms with Crippen LogP contribution in [0.1, 0.15) is 19.8 Å². The van der Waals surface area contributed by atoms with E-state index < -0.39 is 18.0 Å². The molecule has 2 aliphatic heterocycles. The Bertz CT molecular complexity index is 797. The van der Waals surface area contributed by atoms with Gasteiger partial charge in [0.15, 0.2) is 0 Å². The van der Waals surface area contributed by atoms with Crippen molar-refractivity contribution in [1.29, 1.82) is 0 Å². The van der Waals surface area contributed by atoms with E-state index >= 15 is 0 Å². The summed E-state index contributed by atoms with van der Waals surface area (Å²) in [7, 11) is 0. The highest BCUT2D eigenvalue weighted by Gasteiger charge is 2.33. The largest absolute Gasteiger partial charge is 0.442 e. The smallest absolute Gasteiger partial charge is 0.414 e. The minimum Gasteiger partial charge on any atom is -0.442 e. The second-order valence-electron chi connectivity index (χ2n) is 7.38. The van der Waals surface area contributed by atoms with Gasteiger partial charge in [-0.3, -0.25) is 14.5 Å². The summed E-state index contributed by atoms with van der Waals surface area (Å²) in [4.78, 5) is 40.1. The van der Waals surface area contributed by atoms with Crippen LogP contribution in [0, 0.1) is 5.82 Å². The summed E-state index contributed by atoms with van der Waals surface area (Å²) in [6.07, 6.45) is -0.304. The van der Waals surface area contributed by atoms with Crippen molar-refractivity contribution in [1.82, 2.24) is 10.2 Å². The summed E-state index contributed by atoms with van der Waals surface area (Å²) < 4.78 is 20.0. The van der Waals surface area contributed by atoms with Gasteiger partial charge in [-0.1, -0.05) is 0 Å². The van der Waals surface area contributed by atoms with E-state index in [2.05, 4.69) is 5.32 Å². The SMILES string of the molecule is CC(=O)NC[C@H]1CN(c2ccc(N3CCN(C(=O)CCCO)CC3)c(F)c2)C(=O)O1. The lowest BCUT2D eigenvalue weighted by atomic mass is 10.2. The van der Waals surface area contributed by atoms with Crippen LogP contribution in [0.4, 0.5) is 20.6 Å². The van der Waals surface area contributed by atoms with Crippen LogP contribution in [0.3, 0.4) is 0 Å². The Kier molecular flexibility index (Phi) is 7.09. The summed E-state index contributed by atoms with van der Waals surface area (Å²) in [6, 6.07) is 4.59. The summed E-state index contributed by atoms with van der Waals surface area (Å²) in [5.74, 6) is -0.665. The van der Waals surface area contributed by atoms with E-state index in [1.807, 2.05) is 4.90 Å². The number of anilines is 2. The van der Waals surface area contributed by atoms with Crippen molar-refractivity contribution in [2.45, 2.75) is 25.9 Å². The van der Waals surface area contributed by atoms with Crippen LogP contribution in [0.5, 0.6) is 0 Å². The molecule has 0 radical (unpaired) electrons. The molecule has 1 aromatic rings. The zero-order valence-electron chi connectivity index (χ0n) is 17.0. The van der Waals surface area contributed by atoms with E-state index in [9.17, 15) is 18.8 Å². The predicted molar refractivity (Wildman–Crippen MR) is 108 cm³/mol. The topological polar surface area (TPSA) is 102 Å². The first-order valence-corrected chi connectivity index (χ1v) is 10.0. The third-order valence-corrected chi connectivity index (χ3v) is 5.22. The summed E-state index contributed by atoms with van der Waals surface area (Å²) in [6.45, 7) is 3.81. The van der Waals surface area contributed by atoms with Crippen molar-refractivity contribution < 1.29 is 28.6 Å². The van der Waals surface area contributed by atoms with Crippen molar-refractivity contribution in [3.63, 3.8) is 0 Å². The number of hydrogen-bond donors (Lipinski definition) is 2. The van der Waals surface area contributed by atoms with Gasteiger partial charge in [0.05, 0.1) is 24.5 Å². The zero-order chi connectivity index (χ0) is 21.7. The van der Waals surface area contributed by atoms with Gasteiger partial charge < -0.3 is 25.0 Å². The first kappa shape index (κ1) is 21.8. The number of ether oxygens (including phenoxy) is 1. The molecule has 3 rings (SSSR count). The molecule has 0 aromatic heterocycles. The van der Waals surface area contributed by atoms with E-state index in [0.29, 0.717) is 50.4 Å². The van der Waals surface area contributed by atoms with Gasteiger partial charge in [0, 0.05) is 46.1 Å². The lowest BCUT2D eigenvalue weighted by Crippen LogP contribution is -2.49. The molecule has 0 bridgehead atoms. The molecule has 0 saturated carbocycles. The molecule has 10 heteroatoms. The second-order valence-corrected chi connectivity index (χ2v) is 7.38. The minimum atomic E-state index is -0.576. The highest BCUT2D eigenvalue weighted by atomic mass is 19.1. The Morgan fingerprint density at radius 2 is 2.00 bits per heavy atom. The molecule has 1 aromatic carbocycles. The fraction of sp³-hybridized carbons (Fsp3) is 0.550. The van der Waals surface area contributed by atoms with Crippen LogP contribution in [-0.2, 0) is 14.3 Å². The third kappa shape index (κ3) is 5.18. The molecule has 2 fully saturated rings. The van der Waals surface area contributed by atoms with Crippen LogP contribution in [0.25, 0.3) is 0 Å². The number of aliphatic hydroxyl groups is 1. The van der Waals surface area contributed by atoms with Crippen molar-refractivity contribution in [3.05, 3.63) is 24.0 Å². The number of rotatable bonds is 7. The Labute approximate surface area is 174 Å². The lowest BCUT2D eigenvalue weighted by molar-refractivity contribution is -0.131. The van der Waals surface area contributed by atoms with Crippen LogP contribution < -0.4 is 15.1 Å². The molecule has 30 heavy (non-hydrogen) atoms. The van der Waals surface area contributed by atoms with E-state index in [1.54, 1.807) is 17.0 Å². The Hall–Kier alpha value is -2.88. The Balaban J connectivity index is 1.59. The van der Waals surface area contributed by atoms with Gasteiger partial charge in [0.25, 0.3) is 0 Å². The molecule has 0 spiro atoms. The highest BCUT2D eigenvalue weighted by Crippen LogP contribution is 2.28. The monoisotopic (exact) mass is 422 g/mol. The number of nitrogens with one attached hydrogen (secondary N) is 1. The molecule has 2 heterocycles. The van der Waals surface area contributed by atoms with Crippen LogP contribution in [0.15, 0.2) is 18.2 Å². The van der Waals surface area contributed by atoms with Gasteiger partial charge in [-0.15, -0.1) is 0 Å². The maximum absolute atomic E-state index is 14.8. The van der Waals surface area contributed by atoms with Gasteiger partial charge in [-0.05, 0) is 24.6 Å². The maximum Gasteiger partial charge on any atom is 0.414 e. The van der Waals surface area contributed by atoms with Gasteiger partial charge in [0.2, 0.25) is 11.8 Å². The van der Waals surface area contributed by atoms with E-state index in [1.165, 1.54) is 17.9 Å². The number of nitrogens with zero attached hydrogens (tertiary/aromatic N) is 3. The van der Waals surface area contributed by atoms with Crippen LogP contribution >= 0.6 is 0 Å². The average molecular weight is 422 g/mol. The number of hydrogen-bond acceptors (Lipinski definition) is 6. The number of carbonyl (C=O) groups excluding carboxylic acids is 3. The summed E-state index contributed by atoms with van der Waals surface area (Å²) in [5, 5.41) is 11.4. The number of aliphatic hydroxyl groups excluding tert-OH is 1. The Morgan fingerprint density at radius 1 is 1.27 bits per heavy atom. The van der Waals surface area contributed by atoms with E-state index in [0.717, 1.165) is 0 Å². The number of amides is 3. The molecule has 0 aliphatic carbocycles. The van der Waals surface area contributed by atoms with Crippen molar-refractivity contribution in [2.24, 2.45) is 0 Å². The van der Waals surface area contributed by atoms with Crippen LogP contribution in [0.2, 0.25) is 0 Å². The molecule has 2 saturated heterocycles.